The van der Waals surface area contributed by atoms with Crippen molar-refractivity contribution in [2.24, 2.45) is 0 Å². The largest absolute Gasteiger partial charge is 0.508 e. The quantitative estimate of drug-likeness (QED) is 0.734. The van der Waals surface area contributed by atoms with E-state index in [-0.39, 0.29) is 12.3 Å². The van der Waals surface area contributed by atoms with Crippen LogP contribution in [0.4, 0.5) is 3.89 Å². The molecule has 0 aliphatic heterocycles. The first-order valence-electron chi connectivity index (χ1n) is 3.94. The van der Waals surface area contributed by atoms with Crippen molar-refractivity contribution < 1.29 is 17.4 Å². The molecule has 0 aromatic heterocycles. The summed E-state index contributed by atoms with van der Waals surface area (Å²) in [5.74, 6) is 0.139. The van der Waals surface area contributed by atoms with Crippen LogP contribution in [0.3, 0.4) is 0 Å². The summed E-state index contributed by atoms with van der Waals surface area (Å²) in [6.07, 6.45) is 0.378. The molecule has 6 heteroatoms. The minimum absolute atomic E-state index is 0.00358. The van der Waals surface area contributed by atoms with Gasteiger partial charge in [0.15, 0.2) is 0 Å². The third kappa shape index (κ3) is 4.20. The second-order valence-corrected chi connectivity index (χ2v) is 3.91. The second-order valence-electron chi connectivity index (χ2n) is 2.75. The van der Waals surface area contributed by atoms with Crippen molar-refractivity contribution in [1.82, 2.24) is 4.72 Å². The fourth-order valence-corrected chi connectivity index (χ4v) is 1.33. The Balaban J connectivity index is 2.43. The van der Waals surface area contributed by atoms with Gasteiger partial charge < -0.3 is 5.11 Å². The monoisotopic (exact) mass is 219 g/mol. The van der Waals surface area contributed by atoms with E-state index in [1.807, 2.05) is 0 Å². The van der Waals surface area contributed by atoms with E-state index < -0.39 is 10.4 Å². The molecule has 0 spiro atoms. The van der Waals surface area contributed by atoms with E-state index in [1.54, 1.807) is 16.9 Å². The molecule has 1 rings (SSSR count). The predicted molar refractivity (Wildman–Crippen MR) is 49.8 cm³/mol. The fourth-order valence-electron chi connectivity index (χ4n) is 0.980. The molecule has 0 fully saturated rings. The lowest BCUT2D eigenvalue weighted by Gasteiger charge is -2.00. The molecule has 0 heterocycles. The number of hydrogen-bond donors (Lipinski definition) is 2. The molecule has 0 amide bonds. The number of phenolic OH excluding ortho intramolecular Hbond substituents is 1. The van der Waals surface area contributed by atoms with Gasteiger partial charge in [0.2, 0.25) is 0 Å². The number of phenols is 1. The zero-order valence-electron chi connectivity index (χ0n) is 7.27. The van der Waals surface area contributed by atoms with Gasteiger partial charge in [0.1, 0.15) is 5.75 Å². The molecule has 0 radical (unpaired) electrons. The standard InChI is InChI=1S/C8H10FNO3S/c9-14(12,13)10-6-5-7-1-3-8(11)4-2-7/h1-4,10-11H,5-6H2. The average molecular weight is 219 g/mol. The SMILES string of the molecule is O=S(=O)(F)NCCc1ccc(O)cc1. The van der Waals surface area contributed by atoms with E-state index in [0.29, 0.717) is 6.42 Å². The Morgan fingerprint density at radius 1 is 1.29 bits per heavy atom. The van der Waals surface area contributed by atoms with E-state index in [2.05, 4.69) is 0 Å². The first-order valence-corrected chi connectivity index (χ1v) is 5.33. The minimum atomic E-state index is -4.60. The van der Waals surface area contributed by atoms with Crippen LogP contribution in [-0.4, -0.2) is 20.1 Å². The van der Waals surface area contributed by atoms with Crippen molar-refractivity contribution >= 4 is 10.4 Å². The van der Waals surface area contributed by atoms with Crippen LogP contribution in [-0.2, 0) is 16.8 Å². The van der Waals surface area contributed by atoms with Gasteiger partial charge in [-0.3, -0.25) is 0 Å². The Morgan fingerprint density at radius 3 is 2.36 bits per heavy atom. The lowest BCUT2D eigenvalue weighted by molar-refractivity contribution is 0.475. The Bertz CT molecular complexity index is 388. The molecule has 0 aliphatic carbocycles. The number of nitrogens with one attached hydrogen (secondary N) is 1. The normalized spacial score (nSPS) is 11.5. The first kappa shape index (κ1) is 10.9. The average Bonchev–Trinajstić information content (AvgIpc) is 2.06. The zero-order chi connectivity index (χ0) is 10.6. The number of hydrogen-bond acceptors (Lipinski definition) is 3. The van der Waals surface area contributed by atoms with Crippen LogP contribution in [0.1, 0.15) is 5.56 Å². The lowest BCUT2D eigenvalue weighted by atomic mass is 10.1. The Morgan fingerprint density at radius 2 is 1.86 bits per heavy atom. The number of aromatic hydroxyl groups is 1. The maximum Gasteiger partial charge on any atom is 0.372 e. The summed E-state index contributed by atoms with van der Waals surface area (Å²) >= 11 is 0. The molecule has 0 atom stereocenters. The molecule has 78 valence electrons. The van der Waals surface area contributed by atoms with Crippen LogP contribution in [0, 0.1) is 0 Å². The Kier molecular flexibility index (Phi) is 3.43. The zero-order valence-corrected chi connectivity index (χ0v) is 8.09. The van der Waals surface area contributed by atoms with E-state index in [1.165, 1.54) is 12.1 Å². The highest BCUT2D eigenvalue weighted by Crippen LogP contribution is 2.09. The van der Waals surface area contributed by atoms with Crippen molar-refractivity contribution in [1.29, 1.82) is 0 Å². The van der Waals surface area contributed by atoms with Gasteiger partial charge in [0.25, 0.3) is 0 Å². The minimum Gasteiger partial charge on any atom is -0.508 e. The van der Waals surface area contributed by atoms with Crippen molar-refractivity contribution in [2.75, 3.05) is 6.54 Å². The summed E-state index contributed by atoms with van der Waals surface area (Å²) in [6.45, 7) is 0.00358. The van der Waals surface area contributed by atoms with Crippen LogP contribution >= 0.6 is 0 Å². The fraction of sp³-hybridized carbons (Fsp3) is 0.250. The second kappa shape index (κ2) is 4.39. The molecule has 2 N–H and O–H groups in total. The molecule has 14 heavy (non-hydrogen) atoms. The molecule has 0 saturated carbocycles. The maximum atomic E-state index is 12.0. The molecule has 0 bridgehead atoms. The van der Waals surface area contributed by atoms with Crippen molar-refractivity contribution in [2.45, 2.75) is 6.42 Å². The highest BCUT2D eigenvalue weighted by atomic mass is 32.3. The molecule has 0 aliphatic rings. The van der Waals surface area contributed by atoms with Crippen molar-refractivity contribution in [3.8, 4) is 5.75 Å². The van der Waals surface area contributed by atoms with E-state index in [9.17, 15) is 12.3 Å². The molecular formula is C8H10FNO3S. The summed E-state index contributed by atoms with van der Waals surface area (Å²) < 4.78 is 33.8. The van der Waals surface area contributed by atoms with Gasteiger partial charge in [-0.05, 0) is 24.1 Å². The van der Waals surface area contributed by atoms with Gasteiger partial charge in [0, 0.05) is 6.54 Å². The first-order chi connectivity index (χ1) is 6.47. The molecule has 4 nitrogen and oxygen atoms in total. The number of rotatable bonds is 4. The molecule has 1 aromatic rings. The lowest BCUT2D eigenvalue weighted by Crippen LogP contribution is -2.21. The maximum absolute atomic E-state index is 12.0. The highest BCUT2D eigenvalue weighted by molar-refractivity contribution is 7.84. The summed E-state index contributed by atoms with van der Waals surface area (Å²) in [4.78, 5) is 0. The van der Waals surface area contributed by atoms with Crippen LogP contribution in [0.25, 0.3) is 0 Å². The van der Waals surface area contributed by atoms with Crippen molar-refractivity contribution in [3.63, 3.8) is 0 Å². The van der Waals surface area contributed by atoms with E-state index >= 15 is 0 Å². The van der Waals surface area contributed by atoms with Crippen LogP contribution in [0.2, 0.25) is 0 Å². The van der Waals surface area contributed by atoms with Gasteiger partial charge >= 0.3 is 10.4 Å². The number of benzene rings is 1. The Hall–Kier alpha value is -1.14. The van der Waals surface area contributed by atoms with Crippen LogP contribution in [0.15, 0.2) is 24.3 Å². The molecule has 0 unspecified atom stereocenters. The van der Waals surface area contributed by atoms with Crippen molar-refractivity contribution in [3.05, 3.63) is 29.8 Å². The van der Waals surface area contributed by atoms with Crippen LogP contribution < -0.4 is 4.72 Å². The smallest absolute Gasteiger partial charge is 0.372 e. The molecular weight excluding hydrogens is 209 g/mol. The molecule has 1 aromatic carbocycles. The van der Waals surface area contributed by atoms with Gasteiger partial charge in [-0.25, -0.2) is 0 Å². The summed E-state index contributed by atoms with van der Waals surface area (Å²) in [7, 11) is -4.60. The van der Waals surface area contributed by atoms with Gasteiger partial charge in [-0.15, -0.1) is 0 Å². The van der Waals surface area contributed by atoms with Gasteiger partial charge in [0.05, 0.1) is 0 Å². The highest BCUT2D eigenvalue weighted by Gasteiger charge is 2.03. The summed E-state index contributed by atoms with van der Waals surface area (Å²) in [5.41, 5.74) is 0.818. The Labute approximate surface area is 81.7 Å². The third-order valence-corrected chi connectivity index (χ3v) is 2.17. The summed E-state index contributed by atoms with van der Waals surface area (Å²) in [5, 5.41) is 8.94. The third-order valence-electron chi connectivity index (χ3n) is 1.62. The summed E-state index contributed by atoms with van der Waals surface area (Å²) in [6, 6.07) is 6.25. The number of halogens is 1. The topological polar surface area (TPSA) is 66.4 Å². The van der Waals surface area contributed by atoms with Gasteiger partial charge in [-0.1, -0.05) is 16.0 Å². The van der Waals surface area contributed by atoms with E-state index in [4.69, 9.17) is 5.11 Å². The molecule has 0 saturated heterocycles. The van der Waals surface area contributed by atoms with E-state index in [0.717, 1.165) is 5.56 Å². The van der Waals surface area contributed by atoms with Gasteiger partial charge in [-0.2, -0.15) is 13.1 Å². The van der Waals surface area contributed by atoms with Crippen LogP contribution in [0.5, 0.6) is 5.75 Å². The predicted octanol–water partition coefficient (Wildman–Crippen LogP) is 0.739.